The van der Waals surface area contributed by atoms with Gasteiger partial charge in [0.05, 0.1) is 5.69 Å². The Kier molecular flexibility index (Phi) is 3.13. The van der Waals surface area contributed by atoms with Crippen molar-refractivity contribution in [3.05, 3.63) is 29.6 Å². The van der Waals surface area contributed by atoms with Crippen molar-refractivity contribution < 1.29 is 4.39 Å². The molecule has 94 valence electrons. The van der Waals surface area contributed by atoms with Crippen LogP contribution in [-0.2, 0) is 0 Å². The summed E-state index contributed by atoms with van der Waals surface area (Å²) in [5, 5.41) is 0. The van der Waals surface area contributed by atoms with Gasteiger partial charge >= 0.3 is 0 Å². The summed E-state index contributed by atoms with van der Waals surface area (Å²) in [5.74, 6) is -0.158. The van der Waals surface area contributed by atoms with Gasteiger partial charge in [0.1, 0.15) is 5.82 Å². The topological polar surface area (TPSA) is 29.3 Å². The van der Waals surface area contributed by atoms with Crippen LogP contribution in [0, 0.1) is 5.82 Å². The highest BCUT2D eigenvalue weighted by Crippen LogP contribution is 2.35. The zero-order valence-electron chi connectivity index (χ0n) is 10.8. The van der Waals surface area contributed by atoms with Crippen molar-refractivity contribution >= 4 is 5.69 Å². The molecule has 2 N–H and O–H groups in total. The van der Waals surface area contributed by atoms with Gasteiger partial charge in [0, 0.05) is 18.1 Å². The van der Waals surface area contributed by atoms with Crippen LogP contribution in [0.25, 0.3) is 0 Å². The smallest absolute Gasteiger partial charge is 0.146 e. The lowest BCUT2D eigenvalue weighted by Crippen LogP contribution is -2.38. The lowest BCUT2D eigenvalue weighted by atomic mass is 10.0. The Morgan fingerprint density at radius 2 is 2.12 bits per heavy atom. The van der Waals surface area contributed by atoms with Gasteiger partial charge in [0.2, 0.25) is 0 Å². The van der Waals surface area contributed by atoms with E-state index in [0.29, 0.717) is 5.69 Å². The van der Waals surface area contributed by atoms with Crippen molar-refractivity contribution in [2.45, 2.75) is 45.2 Å². The highest BCUT2D eigenvalue weighted by Gasteiger charge is 2.33. The Balaban J connectivity index is 2.34. The van der Waals surface area contributed by atoms with Crippen LogP contribution in [0.3, 0.4) is 0 Å². The van der Waals surface area contributed by atoms with Gasteiger partial charge in [-0.2, -0.15) is 0 Å². The molecule has 2 rings (SSSR count). The van der Waals surface area contributed by atoms with E-state index >= 15 is 0 Å². The predicted molar refractivity (Wildman–Crippen MR) is 69.7 cm³/mol. The van der Waals surface area contributed by atoms with Gasteiger partial charge in [-0.15, -0.1) is 0 Å². The highest BCUT2D eigenvalue weighted by atomic mass is 19.1. The largest absolute Gasteiger partial charge is 0.364 e. The molecule has 0 bridgehead atoms. The number of hydrogen-bond donors (Lipinski definition) is 1. The number of hydrogen-bond acceptors (Lipinski definition) is 2. The van der Waals surface area contributed by atoms with Crippen LogP contribution in [0.5, 0.6) is 0 Å². The van der Waals surface area contributed by atoms with Crippen molar-refractivity contribution in [1.29, 1.82) is 0 Å². The van der Waals surface area contributed by atoms with Gasteiger partial charge in [0.15, 0.2) is 0 Å². The number of halogens is 1. The summed E-state index contributed by atoms with van der Waals surface area (Å²) in [6.07, 6.45) is 2.24. The van der Waals surface area contributed by atoms with Crippen molar-refractivity contribution in [3.63, 3.8) is 0 Å². The monoisotopic (exact) mass is 236 g/mol. The summed E-state index contributed by atoms with van der Waals surface area (Å²) in [7, 11) is 0. The van der Waals surface area contributed by atoms with Crippen LogP contribution in [0.4, 0.5) is 10.1 Å². The SMILES string of the molecule is CC(N)c1ccc(N2CCCC2(C)C)c(F)c1. The van der Waals surface area contributed by atoms with Gasteiger partial charge < -0.3 is 10.6 Å². The Hall–Kier alpha value is -1.09. The summed E-state index contributed by atoms with van der Waals surface area (Å²) in [6.45, 7) is 7.13. The third-order valence-corrected chi connectivity index (χ3v) is 3.69. The molecule has 3 heteroatoms. The van der Waals surface area contributed by atoms with Crippen LogP contribution >= 0.6 is 0 Å². The molecule has 2 nitrogen and oxygen atoms in total. The summed E-state index contributed by atoms with van der Waals surface area (Å²) in [6, 6.07) is 5.23. The van der Waals surface area contributed by atoms with Crippen molar-refractivity contribution in [1.82, 2.24) is 0 Å². The average Bonchev–Trinajstić information content (AvgIpc) is 2.58. The Morgan fingerprint density at radius 3 is 2.59 bits per heavy atom. The fourth-order valence-corrected chi connectivity index (χ4v) is 2.58. The van der Waals surface area contributed by atoms with Gasteiger partial charge in [0.25, 0.3) is 0 Å². The van der Waals surface area contributed by atoms with Gasteiger partial charge in [-0.1, -0.05) is 6.07 Å². The Labute approximate surface area is 103 Å². The lowest BCUT2D eigenvalue weighted by Gasteiger charge is -2.34. The lowest BCUT2D eigenvalue weighted by molar-refractivity contribution is 0.506. The molecule has 17 heavy (non-hydrogen) atoms. The van der Waals surface area contributed by atoms with Crippen LogP contribution in [0.2, 0.25) is 0 Å². The maximum absolute atomic E-state index is 14.1. The van der Waals surface area contributed by atoms with Crippen LogP contribution in [0.1, 0.15) is 45.2 Å². The standard InChI is InChI=1S/C14H21FN2/c1-10(16)11-5-6-13(12(15)9-11)17-8-4-7-14(17,2)3/h5-6,9-10H,4,7-8,16H2,1-3H3. The van der Waals surface area contributed by atoms with Gasteiger partial charge in [-0.3, -0.25) is 0 Å². The summed E-state index contributed by atoms with van der Waals surface area (Å²) < 4.78 is 14.1. The molecular formula is C14H21FN2. The first-order valence-corrected chi connectivity index (χ1v) is 6.24. The summed E-state index contributed by atoms with van der Waals surface area (Å²) in [4.78, 5) is 2.16. The normalized spacial score (nSPS) is 20.6. The quantitative estimate of drug-likeness (QED) is 0.854. The Morgan fingerprint density at radius 1 is 1.41 bits per heavy atom. The minimum Gasteiger partial charge on any atom is -0.364 e. The molecule has 0 spiro atoms. The first-order chi connectivity index (χ1) is 7.92. The zero-order chi connectivity index (χ0) is 12.6. The van der Waals surface area contributed by atoms with Crippen molar-refractivity contribution in [2.24, 2.45) is 5.73 Å². The highest BCUT2D eigenvalue weighted by molar-refractivity contribution is 5.52. The van der Waals surface area contributed by atoms with E-state index in [2.05, 4.69) is 18.7 Å². The van der Waals surface area contributed by atoms with Gasteiger partial charge in [-0.25, -0.2) is 4.39 Å². The number of nitrogens with zero attached hydrogens (tertiary/aromatic N) is 1. The van der Waals surface area contributed by atoms with E-state index in [1.54, 1.807) is 6.07 Å². The third-order valence-electron chi connectivity index (χ3n) is 3.69. The van der Waals surface area contributed by atoms with Crippen LogP contribution in [-0.4, -0.2) is 12.1 Å². The van der Waals surface area contributed by atoms with E-state index in [1.165, 1.54) is 0 Å². The molecule has 0 aliphatic carbocycles. The molecule has 0 aromatic heterocycles. The fourth-order valence-electron chi connectivity index (χ4n) is 2.58. The number of anilines is 1. The van der Waals surface area contributed by atoms with Crippen molar-refractivity contribution in [2.75, 3.05) is 11.4 Å². The first-order valence-electron chi connectivity index (χ1n) is 6.24. The molecule has 1 atom stereocenters. The number of nitrogens with two attached hydrogens (primary N) is 1. The van der Waals surface area contributed by atoms with E-state index in [4.69, 9.17) is 5.73 Å². The molecule has 0 saturated carbocycles. The molecular weight excluding hydrogens is 215 g/mol. The second-order valence-electron chi connectivity index (χ2n) is 5.57. The van der Waals surface area contributed by atoms with Gasteiger partial charge in [-0.05, 0) is 51.3 Å². The fraction of sp³-hybridized carbons (Fsp3) is 0.571. The maximum atomic E-state index is 14.1. The van der Waals surface area contributed by atoms with Crippen LogP contribution < -0.4 is 10.6 Å². The second-order valence-corrected chi connectivity index (χ2v) is 5.57. The van der Waals surface area contributed by atoms with Crippen LogP contribution in [0.15, 0.2) is 18.2 Å². The molecule has 1 unspecified atom stereocenters. The number of rotatable bonds is 2. The third kappa shape index (κ3) is 2.29. The van der Waals surface area contributed by atoms with E-state index in [9.17, 15) is 4.39 Å². The predicted octanol–water partition coefficient (Wildman–Crippen LogP) is 3.22. The summed E-state index contributed by atoms with van der Waals surface area (Å²) in [5.41, 5.74) is 7.37. The second kappa shape index (κ2) is 4.30. The van der Waals surface area contributed by atoms with E-state index in [-0.39, 0.29) is 17.4 Å². The summed E-state index contributed by atoms with van der Waals surface area (Å²) >= 11 is 0. The van der Waals surface area contributed by atoms with E-state index in [0.717, 1.165) is 24.9 Å². The first kappa shape index (κ1) is 12.4. The number of benzene rings is 1. The molecule has 1 aromatic carbocycles. The Bertz CT molecular complexity index is 413. The molecule has 1 fully saturated rings. The average molecular weight is 236 g/mol. The molecule has 1 aromatic rings. The van der Waals surface area contributed by atoms with E-state index in [1.807, 2.05) is 19.1 Å². The minimum atomic E-state index is -0.158. The molecule has 0 radical (unpaired) electrons. The molecule has 0 amide bonds. The van der Waals surface area contributed by atoms with Crippen molar-refractivity contribution in [3.8, 4) is 0 Å². The molecule has 1 aliphatic heterocycles. The molecule has 1 aliphatic rings. The molecule has 1 saturated heterocycles. The molecule has 1 heterocycles. The van der Waals surface area contributed by atoms with E-state index < -0.39 is 0 Å². The minimum absolute atomic E-state index is 0.0523. The zero-order valence-corrected chi connectivity index (χ0v) is 10.8. The maximum Gasteiger partial charge on any atom is 0.146 e.